The molecule has 3 unspecified atom stereocenters. The first-order valence-electron chi connectivity index (χ1n) is 17.4. The number of carbonyl (C=O) groups is 1. The van der Waals surface area contributed by atoms with Crippen molar-refractivity contribution in [2.24, 2.45) is 17.8 Å². The Balaban J connectivity index is 1.34. The van der Waals surface area contributed by atoms with E-state index in [1.165, 1.54) is 18.2 Å². The third kappa shape index (κ3) is 6.83. The lowest BCUT2D eigenvalue weighted by Gasteiger charge is -2.40. The number of aromatic amines is 1. The van der Waals surface area contributed by atoms with E-state index in [9.17, 15) is 9.59 Å². The summed E-state index contributed by atoms with van der Waals surface area (Å²) in [5, 5.41) is 3.02. The number of thioether (sulfide) groups is 1. The molecule has 0 aliphatic carbocycles. The molecule has 3 atom stereocenters. The molecule has 9 nitrogen and oxygen atoms in total. The van der Waals surface area contributed by atoms with Crippen LogP contribution in [0, 0.1) is 31.6 Å². The Kier molecular flexibility index (Phi) is 9.87. The molecule has 0 bridgehead atoms. The summed E-state index contributed by atoms with van der Waals surface area (Å²) >= 11 is 1.50. The van der Waals surface area contributed by atoms with Crippen LogP contribution in [0.5, 0.6) is 11.5 Å². The van der Waals surface area contributed by atoms with Gasteiger partial charge in [-0.05, 0) is 102 Å². The van der Waals surface area contributed by atoms with Crippen LogP contribution in [0.15, 0.2) is 40.2 Å². The monoisotopic (exact) mass is 673 g/mol. The van der Waals surface area contributed by atoms with Gasteiger partial charge in [0.05, 0.1) is 0 Å². The molecule has 3 aliphatic heterocycles. The summed E-state index contributed by atoms with van der Waals surface area (Å²) in [4.78, 5) is 40.2. The van der Waals surface area contributed by atoms with Gasteiger partial charge in [-0.25, -0.2) is 4.98 Å². The summed E-state index contributed by atoms with van der Waals surface area (Å²) < 4.78 is 13.6. The molecule has 2 saturated heterocycles. The number of hydrogen-bond donors (Lipinski definition) is 2. The number of pyridine rings is 2. The van der Waals surface area contributed by atoms with Gasteiger partial charge in [0, 0.05) is 83.1 Å². The van der Waals surface area contributed by atoms with E-state index in [1.807, 2.05) is 45.4 Å². The van der Waals surface area contributed by atoms with Crippen molar-refractivity contribution < 1.29 is 14.3 Å². The number of nitrogens with zero attached hydrogens (tertiary/aromatic N) is 3. The van der Waals surface area contributed by atoms with Gasteiger partial charge in [-0.15, -0.1) is 11.8 Å². The smallest absolute Gasteiger partial charge is 0.254 e. The highest BCUT2D eigenvalue weighted by atomic mass is 32.2. The van der Waals surface area contributed by atoms with Gasteiger partial charge in [-0.3, -0.25) is 9.59 Å². The first kappa shape index (κ1) is 34.4. The van der Waals surface area contributed by atoms with E-state index in [0.717, 1.165) is 72.1 Å². The molecule has 6 rings (SSSR count). The highest BCUT2D eigenvalue weighted by molar-refractivity contribution is 7.98. The van der Waals surface area contributed by atoms with Crippen LogP contribution in [0.25, 0.3) is 11.1 Å². The largest absolute Gasteiger partial charge is 0.448 e. The van der Waals surface area contributed by atoms with Crippen molar-refractivity contribution in [2.75, 3.05) is 37.3 Å². The lowest BCUT2D eigenvalue weighted by atomic mass is 9.88. The molecule has 1 amide bonds. The normalized spacial score (nSPS) is 23.1. The number of rotatable bonds is 8. The van der Waals surface area contributed by atoms with Crippen molar-refractivity contribution in [1.29, 1.82) is 0 Å². The minimum atomic E-state index is -0.851. The fraction of sp³-hybridized carbons (Fsp3) is 0.553. The van der Waals surface area contributed by atoms with Crippen LogP contribution >= 0.6 is 11.8 Å². The maximum Gasteiger partial charge on any atom is 0.254 e. The van der Waals surface area contributed by atoms with Crippen LogP contribution in [-0.4, -0.2) is 65.0 Å². The molecule has 48 heavy (non-hydrogen) atoms. The van der Waals surface area contributed by atoms with Crippen molar-refractivity contribution in [2.45, 2.75) is 91.0 Å². The average molecular weight is 674 g/mol. The first-order chi connectivity index (χ1) is 22.9. The van der Waals surface area contributed by atoms with Crippen molar-refractivity contribution in [3.8, 4) is 22.6 Å². The highest BCUT2D eigenvalue weighted by Gasteiger charge is 2.47. The number of benzene rings is 1. The van der Waals surface area contributed by atoms with Gasteiger partial charge < -0.3 is 29.6 Å². The number of aromatic nitrogens is 2. The van der Waals surface area contributed by atoms with Crippen LogP contribution in [0.1, 0.15) is 81.1 Å². The van der Waals surface area contributed by atoms with Crippen molar-refractivity contribution in [3.05, 3.63) is 63.2 Å². The van der Waals surface area contributed by atoms with Crippen LogP contribution in [-0.2, 0) is 6.54 Å². The number of nitrogens with one attached hydrogen (secondary N) is 2. The van der Waals surface area contributed by atoms with E-state index in [-0.39, 0.29) is 23.9 Å². The summed E-state index contributed by atoms with van der Waals surface area (Å²) in [6.07, 6.45) is 7.00. The van der Waals surface area contributed by atoms with E-state index in [0.29, 0.717) is 40.5 Å². The third-order valence-electron chi connectivity index (χ3n) is 10.5. The van der Waals surface area contributed by atoms with E-state index < -0.39 is 5.79 Å². The maximum atomic E-state index is 13.9. The quantitative estimate of drug-likeness (QED) is 0.252. The minimum absolute atomic E-state index is 0.114. The van der Waals surface area contributed by atoms with Gasteiger partial charge >= 0.3 is 0 Å². The molecule has 0 spiro atoms. The van der Waals surface area contributed by atoms with Crippen LogP contribution < -0.4 is 25.2 Å². The molecular weight excluding hydrogens is 623 g/mol. The Morgan fingerprint density at radius 2 is 1.79 bits per heavy atom. The topological polar surface area (TPSA) is 99.8 Å². The fourth-order valence-electron chi connectivity index (χ4n) is 7.82. The van der Waals surface area contributed by atoms with Gasteiger partial charge in [0.2, 0.25) is 0 Å². The Bertz CT molecular complexity index is 1710. The van der Waals surface area contributed by atoms with Gasteiger partial charge in [-0.2, -0.15) is 0 Å². The molecule has 10 heteroatoms. The summed E-state index contributed by atoms with van der Waals surface area (Å²) in [5.74, 6) is 2.54. The lowest BCUT2D eigenvalue weighted by molar-refractivity contribution is -0.126. The van der Waals surface area contributed by atoms with Gasteiger partial charge in [0.1, 0.15) is 5.82 Å². The average Bonchev–Trinajstić information content (AvgIpc) is 3.43. The number of ether oxygens (including phenoxy) is 2. The standard InChI is InChI=1S/C38H51N5O4S/c1-22(2)42-13-11-28(12-14-42)38(7)46-34-26(6)29(36(44)40-19-31-32(48-8)16-25(5)41-37(31)45)17-30(35(34)47-38)27-9-10-33(39-18-27)43-20-23(3)15-24(4)21-43/h9-10,16-18,22-24,28H,11-15,19-21H2,1-8H3,(H,40,44)(H,41,45). The fourth-order valence-corrected chi connectivity index (χ4v) is 8.53. The molecule has 1 aromatic carbocycles. The number of carbonyl (C=O) groups excluding carboxylic acids is 1. The zero-order valence-electron chi connectivity index (χ0n) is 29.7. The van der Waals surface area contributed by atoms with Gasteiger partial charge in [0.25, 0.3) is 17.3 Å². The van der Waals surface area contributed by atoms with E-state index in [1.54, 1.807) is 0 Å². The molecule has 3 aliphatic rings. The number of fused-ring (bicyclic) bond motifs is 1. The Morgan fingerprint density at radius 1 is 1.10 bits per heavy atom. The number of amides is 1. The van der Waals surface area contributed by atoms with Crippen LogP contribution in [0.4, 0.5) is 5.82 Å². The predicted octanol–water partition coefficient (Wildman–Crippen LogP) is 6.80. The number of hydrogen-bond acceptors (Lipinski definition) is 8. The molecule has 258 valence electrons. The van der Waals surface area contributed by atoms with Gasteiger partial charge in [-0.1, -0.05) is 13.8 Å². The molecule has 2 fully saturated rings. The minimum Gasteiger partial charge on any atom is -0.448 e. The second-order valence-corrected chi connectivity index (χ2v) is 15.5. The Hall–Kier alpha value is -3.50. The molecule has 5 heterocycles. The summed E-state index contributed by atoms with van der Waals surface area (Å²) in [5.41, 5.74) is 4.00. The SMILES string of the molecule is CSc1cc(C)[nH]c(=O)c1CNC(=O)c1cc(-c2ccc(N3CC(C)CC(C)C3)nc2)c2c(c1C)OC(C)(C1CCN(C(C)C)CC1)O2. The molecule has 2 aromatic heterocycles. The third-order valence-corrected chi connectivity index (χ3v) is 11.3. The zero-order valence-corrected chi connectivity index (χ0v) is 30.6. The van der Waals surface area contributed by atoms with Crippen molar-refractivity contribution >= 4 is 23.5 Å². The second kappa shape index (κ2) is 13.8. The predicted molar refractivity (Wildman–Crippen MR) is 193 cm³/mol. The highest BCUT2D eigenvalue weighted by Crippen LogP contribution is 2.52. The van der Waals surface area contributed by atoms with Crippen LogP contribution in [0.3, 0.4) is 0 Å². The number of likely N-dealkylation sites (tertiary alicyclic amines) is 1. The summed E-state index contributed by atoms with van der Waals surface area (Å²) in [6.45, 7) is 19.0. The summed E-state index contributed by atoms with van der Waals surface area (Å²) in [7, 11) is 0. The number of piperidine rings is 2. The molecule has 0 saturated carbocycles. The number of H-pyrrole nitrogens is 1. The first-order valence-corrected chi connectivity index (χ1v) is 18.6. The van der Waals surface area contributed by atoms with Crippen molar-refractivity contribution in [1.82, 2.24) is 20.2 Å². The molecule has 2 N–H and O–H groups in total. The van der Waals surface area contributed by atoms with E-state index in [4.69, 9.17) is 14.5 Å². The Morgan fingerprint density at radius 3 is 2.42 bits per heavy atom. The second-order valence-electron chi connectivity index (χ2n) is 14.6. The van der Waals surface area contributed by atoms with Crippen LogP contribution in [0.2, 0.25) is 0 Å². The van der Waals surface area contributed by atoms with E-state index in [2.05, 4.69) is 59.9 Å². The lowest BCUT2D eigenvalue weighted by Crippen LogP contribution is -2.49. The molecule has 3 aromatic rings. The molecular formula is C38H51N5O4S. The molecule has 0 radical (unpaired) electrons. The number of anilines is 1. The number of aryl methyl sites for hydroxylation is 1. The van der Waals surface area contributed by atoms with E-state index >= 15 is 0 Å². The summed E-state index contributed by atoms with van der Waals surface area (Å²) in [6, 6.07) is 8.50. The van der Waals surface area contributed by atoms with Gasteiger partial charge in [0.15, 0.2) is 11.5 Å². The Labute approximate surface area is 289 Å². The zero-order chi connectivity index (χ0) is 34.3. The van der Waals surface area contributed by atoms with Crippen molar-refractivity contribution in [3.63, 3.8) is 0 Å². The maximum absolute atomic E-state index is 13.9.